The average molecular weight is 305 g/mol. The molecule has 1 saturated carbocycles. The highest BCUT2D eigenvalue weighted by Crippen LogP contribution is 2.39. The lowest BCUT2D eigenvalue weighted by molar-refractivity contribution is -0.118. The van der Waals surface area contributed by atoms with E-state index in [1.54, 1.807) is 0 Å². The van der Waals surface area contributed by atoms with Gasteiger partial charge in [0.1, 0.15) is 11.1 Å². The number of amides is 1. The highest BCUT2D eigenvalue weighted by Gasteiger charge is 2.33. The molecular formula is C16H23N3OS. The Labute approximate surface area is 130 Å². The van der Waals surface area contributed by atoms with Gasteiger partial charge in [0, 0.05) is 11.3 Å². The van der Waals surface area contributed by atoms with Crippen molar-refractivity contribution in [1.29, 1.82) is 5.26 Å². The van der Waals surface area contributed by atoms with Gasteiger partial charge in [-0.05, 0) is 44.2 Å². The molecule has 21 heavy (non-hydrogen) atoms. The molecule has 1 aromatic rings. The van der Waals surface area contributed by atoms with Gasteiger partial charge >= 0.3 is 0 Å². The molecule has 0 unspecified atom stereocenters. The smallest absolute Gasteiger partial charge is 0.225 e. The Morgan fingerprint density at radius 1 is 1.38 bits per heavy atom. The maximum atomic E-state index is 12.4. The van der Waals surface area contributed by atoms with Gasteiger partial charge in [0.2, 0.25) is 5.91 Å². The first-order valence-corrected chi connectivity index (χ1v) is 8.33. The van der Waals surface area contributed by atoms with Gasteiger partial charge in [-0.1, -0.05) is 19.3 Å². The van der Waals surface area contributed by atoms with Crippen LogP contribution in [-0.4, -0.2) is 12.5 Å². The zero-order valence-electron chi connectivity index (χ0n) is 12.8. The summed E-state index contributed by atoms with van der Waals surface area (Å²) in [7, 11) is 0. The Bertz CT molecular complexity index is 565. The van der Waals surface area contributed by atoms with Crippen LogP contribution in [0.3, 0.4) is 0 Å². The van der Waals surface area contributed by atoms with Crippen LogP contribution in [0.2, 0.25) is 0 Å². The maximum Gasteiger partial charge on any atom is 0.225 e. The zero-order valence-corrected chi connectivity index (χ0v) is 13.6. The van der Waals surface area contributed by atoms with Crippen LogP contribution in [0.4, 0.5) is 5.00 Å². The predicted molar refractivity (Wildman–Crippen MR) is 86.3 cm³/mol. The lowest BCUT2D eigenvalue weighted by Gasteiger charge is -2.35. The Kier molecular flexibility index (Phi) is 5.02. The molecule has 1 aliphatic carbocycles. The maximum absolute atomic E-state index is 12.4. The highest BCUT2D eigenvalue weighted by atomic mass is 32.1. The van der Waals surface area contributed by atoms with E-state index in [-0.39, 0.29) is 11.3 Å². The molecule has 0 atom stereocenters. The van der Waals surface area contributed by atoms with Gasteiger partial charge in [0.05, 0.1) is 5.56 Å². The van der Waals surface area contributed by atoms with Crippen LogP contribution in [0.1, 0.15) is 54.5 Å². The van der Waals surface area contributed by atoms with Crippen molar-refractivity contribution in [2.75, 3.05) is 11.9 Å². The number of nitriles is 1. The molecule has 0 aliphatic heterocycles. The second-order valence-electron chi connectivity index (χ2n) is 6.09. The number of rotatable bonds is 4. The lowest BCUT2D eigenvalue weighted by atomic mass is 9.71. The number of nitrogens with one attached hydrogen (secondary N) is 1. The minimum absolute atomic E-state index is 0.0138. The first kappa shape index (κ1) is 16.0. The van der Waals surface area contributed by atoms with E-state index in [0.29, 0.717) is 23.5 Å². The Morgan fingerprint density at radius 3 is 2.62 bits per heavy atom. The number of aryl methyl sites for hydroxylation is 1. The second kappa shape index (κ2) is 6.59. The fourth-order valence-electron chi connectivity index (χ4n) is 3.12. The van der Waals surface area contributed by atoms with Crippen LogP contribution in [0.15, 0.2) is 0 Å². The van der Waals surface area contributed by atoms with Crippen molar-refractivity contribution < 1.29 is 4.79 Å². The normalized spacial score (nSPS) is 17.2. The van der Waals surface area contributed by atoms with Crippen molar-refractivity contribution in [3.05, 3.63) is 16.0 Å². The highest BCUT2D eigenvalue weighted by molar-refractivity contribution is 7.16. The number of anilines is 1. The molecule has 0 radical (unpaired) electrons. The van der Waals surface area contributed by atoms with E-state index in [4.69, 9.17) is 5.73 Å². The molecule has 3 N–H and O–H groups in total. The number of thiophene rings is 1. The van der Waals surface area contributed by atoms with Gasteiger partial charge < -0.3 is 11.1 Å². The largest absolute Gasteiger partial charge is 0.330 e. The van der Waals surface area contributed by atoms with E-state index in [0.717, 1.165) is 36.1 Å². The zero-order chi connectivity index (χ0) is 15.5. The third kappa shape index (κ3) is 3.45. The van der Waals surface area contributed by atoms with Gasteiger partial charge in [0.25, 0.3) is 0 Å². The molecule has 1 amide bonds. The van der Waals surface area contributed by atoms with Crippen LogP contribution in [0, 0.1) is 30.6 Å². The molecule has 0 aromatic carbocycles. The van der Waals surface area contributed by atoms with Crippen LogP contribution in [0.25, 0.3) is 0 Å². The number of carbonyl (C=O) groups excluding carboxylic acids is 1. The summed E-state index contributed by atoms with van der Waals surface area (Å²) in [5, 5.41) is 12.8. The molecule has 4 nitrogen and oxygen atoms in total. The Balaban J connectivity index is 2.08. The third-order valence-electron chi connectivity index (χ3n) is 4.63. The first-order chi connectivity index (χ1) is 10.0. The second-order valence-corrected chi connectivity index (χ2v) is 7.31. The summed E-state index contributed by atoms with van der Waals surface area (Å²) in [6.45, 7) is 4.45. The fourth-order valence-corrected chi connectivity index (χ4v) is 4.14. The van der Waals surface area contributed by atoms with Gasteiger partial charge in [0.15, 0.2) is 0 Å². The molecule has 0 bridgehead atoms. The van der Waals surface area contributed by atoms with Crippen LogP contribution < -0.4 is 11.1 Å². The molecule has 1 aromatic heterocycles. The van der Waals surface area contributed by atoms with Crippen LogP contribution >= 0.6 is 11.3 Å². The van der Waals surface area contributed by atoms with Gasteiger partial charge in [-0.2, -0.15) is 5.26 Å². The van der Waals surface area contributed by atoms with E-state index in [1.807, 2.05) is 13.8 Å². The SMILES string of the molecule is Cc1sc(NC(=O)CC2(CN)CCCCC2)c(C#N)c1C. The Hall–Kier alpha value is -1.38. The van der Waals surface area contributed by atoms with Crippen LogP contribution in [0.5, 0.6) is 0 Å². The molecular weight excluding hydrogens is 282 g/mol. The molecule has 1 heterocycles. The minimum Gasteiger partial charge on any atom is -0.330 e. The monoisotopic (exact) mass is 305 g/mol. The van der Waals surface area contributed by atoms with E-state index in [1.165, 1.54) is 17.8 Å². The van der Waals surface area contributed by atoms with Crippen LogP contribution in [-0.2, 0) is 4.79 Å². The number of nitrogens with zero attached hydrogens (tertiary/aromatic N) is 1. The van der Waals surface area contributed by atoms with Crippen molar-refractivity contribution in [2.24, 2.45) is 11.1 Å². The molecule has 1 fully saturated rings. The summed E-state index contributed by atoms with van der Waals surface area (Å²) in [6, 6.07) is 2.19. The summed E-state index contributed by atoms with van der Waals surface area (Å²) in [5.41, 5.74) is 7.45. The third-order valence-corrected chi connectivity index (χ3v) is 5.76. The van der Waals surface area contributed by atoms with Crippen molar-refractivity contribution in [2.45, 2.75) is 52.4 Å². The summed E-state index contributed by atoms with van der Waals surface area (Å²) in [6.07, 6.45) is 6.08. The topological polar surface area (TPSA) is 78.9 Å². The van der Waals surface area contributed by atoms with Gasteiger partial charge in [-0.15, -0.1) is 11.3 Å². The van der Waals surface area contributed by atoms with Crippen molar-refractivity contribution >= 4 is 22.2 Å². The standard InChI is InChI=1S/C16H23N3OS/c1-11-12(2)21-15(13(11)9-17)19-14(20)8-16(10-18)6-4-3-5-7-16/h3-8,10,18H2,1-2H3,(H,19,20). The van der Waals surface area contributed by atoms with E-state index in [9.17, 15) is 10.1 Å². The number of nitrogens with two attached hydrogens (primary N) is 1. The molecule has 1 aliphatic rings. The number of hydrogen-bond donors (Lipinski definition) is 2. The molecule has 0 saturated heterocycles. The summed E-state index contributed by atoms with van der Waals surface area (Å²) in [5.74, 6) is -0.0138. The van der Waals surface area contributed by atoms with E-state index >= 15 is 0 Å². The summed E-state index contributed by atoms with van der Waals surface area (Å²) in [4.78, 5) is 13.4. The van der Waals surface area contributed by atoms with Crippen molar-refractivity contribution in [1.82, 2.24) is 0 Å². The number of carbonyl (C=O) groups is 1. The molecule has 0 spiro atoms. The first-order valence-electron chi connectivity index (χ1n) is 7.51. The minimum atomic E-state index is -0.0452. The van der Waals surface area contributed by atoms with Gasteiger partial charge in [-0.3, -0.25) is 4.79 Å². The molecule has 114 valence electrons. The molecule has 2 rings (SSSR count). The quantitative estimate of drug-likeness (QED) is 0.894. The summed E-state index contributed by atoms with van der Waals surface area (Å²) < 4.78 is 0. The van der Waals surface area contributed by atoms with Crippen molar-refractivity contribution in [3.8, 4) is 6.07 Å². The summed E-state index contributed by atoms with van der Waals surface area (Å²) >= 11 is 1.48. The average Bonchev–Trinajstić information content (AvgIpc) is 2.74. The Morgan fingerprint density at radius 2 is 2.05 bits per heavy atom. The van der Waals surface area contributed by atoms with Gasteiger partial charge in [-0.25, -0.2) is 0 Å². The lowest BCUT2D eigenvalue weighted by Crippen LogP contribution is -2.36. The number of hydrogen-bond acceptors (Lipinski definition) is 4. The van der Waals surface area contributed by atoms with E-state index in [2.05, 4.69) is 11.4 Å². The molecule has 5 heteroatoms. The van der Waals surface area contributed by atoms with E-state index < -0.39 is 0 Å². The van der Waals surface area contributed by atoms with Crippen molar-refractivity contribution in [3.63, 3.8) is 0 Å². The predicted octanol–water partition coefficient (Wildman–Crippen LogP) is 3.47. The fraction of sp³-hybridized carbons (Fsp3) is 0.625.